The summed E-state index contributed by atoms with van der Waals surface area (Å²) in [7, 11) is 1.49. The second-order valence-corrected chi connectivity index (χ2v) is 4.10. The fourth-order valence-corrected chi connectivity index (χ4v) is 1.92. The summed E-state index contributed by atoms with van der Waals surface area (Å²) in [6.07, 6.45) is 0. The Labute approximate surface area is 115 Å². The van der Waals surface area contributed by atoms with E-state index < -0.39 is 17.5 Å². The van der Waals surface area contributed by atoms with Crippen LogP contribution in [0.15, 0.2) is 30.3 Å². The van der Waals surface area contributed by atoms with Gasteiger partial charge >= 0.3 is 0 Å². The van der Waals surface area contributed by atoms with Crippen molar-refractivity contribution in [2.75, 3.05) is 23.8 Å². The van der Waals surface area contributed by atoms with Crippen molar-refractivity contribution >= 4 is 17.3 Å². The summed E-state index contributed by atoms with van der Waals surface area (Å²) in [4.78, 5) is 5.38. The first-order valence-electron chi connectivity index (χ1n) is 6.13. The molecule has 20 heavy (non-hydrogen) atoms. The minimum atomic E-state index is -0.799. The van der Waals surface area contributed by atoms with E-state index in [0.717, 1.165) is 6.07 Å². The summed E-state index contributed by atoms with van der Waals surface area (Å²) in [6, 6.07) is 6.48. The smallest absolute Gasteiger partial charge is 0.171 e. The molecule has 106 valence electrons. The molecule has 0 aliphatic rings. The van der Waals surface area contributed by atoms with E-state index in [0.29, 0.717) is 12.2 Å². The van der Waals surface area contributed by atoms with Gasteiger partial charge in [0, 0.05) is 25.3 Å². The van der Waals surface area contributed by atoms with E-state index in [1.165, 1.54) is 30.1 Å². The van der Waals surface area contributed by atoms with Crippen LogP contribution in [-0.4, -0.2) is 18.6 Å². The number of anilines is 3. The van der Waals surface area contributed by atoms with Gasteiger partial charge in [0.2, 0.25) is 0 Å². The molecule has 0 aliphatic heterocycles. The van der Waals surface area contributed by atoms with Crippen molar-refractivity contribution < 1.29 is 13.2 Å². The van der Waals surface area contributed by atoms with E-state index in [1.54, 1.807) is 13.0 Å². The number of hydrogen-bond donors (Lipinski definition) is 1. The monoisotopic (exact) mass is 281 g/mol. The van der Waals surface area contributed by atoms with Crippen molar-refractivity contribution in [3.8, 4) is 0 Å². The first kappa shape index (κ1) is 14.2. The highest BCUT2D eigenvalue weighted by molar-refractivity contribution is 5.62. The van der Waals surface area contributed by atoms with Crippen LogP contribution in [0.4, 0.5) is 30.5 Å². The van der Waals surface area contributed by atoms with Gasteiger partial charge in [0.25, 0.3) is 0 Å². The van der Waals surface area contributed by atoms with E-state index >= 15 is 0 Å². The van der Waals surface area contributed by atoms with Gasteiger partial charge in [-0.15, -0.1) is 0 Å². The van der Waals surface area contributed by atoms with Gasteiger partial charge in [0.1, 0.15) is 5.82 Å². The highest BCUT2D eigenvalue weighted by Crippen LogP contribution is 2.28. The van der Waals surface area contributed by atoms with Crippen LogP contribution in [-0.2, 0) is 0 Å². The minimum Gasteiger partial charge on any atom is -0.371 e. The molecule has 0 aliphatic carbocycles. The van der Waals surface area contributed by atoms with Crippen molar-refractivity contribution in [3.63, 3.8) is 0 Å². The fraction of sp³-hybridized carbons (Fsp3) is 0.214. The van der Waals surface area contributed by atoms with Crippen molar-refractivity contribution in [2.45, 2.75) is 6.92 Å². The van der Waals surface area contributed by atoms with Gasteiger partial charge in [-0.3, -0.25) is 0 Å². The normalized spacial score (nSPS) is 10.4. The number of nitrogens with one attached hydrogen (secondary N) is 1. The molecule has 3 nitrogen and oxygen atoms in total. The Morgan fingerprint density at radius 2 is 1.90 bits per heavy atom. The van der Waals surface area contributed by atoms with Crippen molar-refractivity contribution in [1.82, 2.24) is 4.98 Å². The maximum absolute atomic E-state index is 13.9. The van der Waals surface area contributed by atoms with Gasteiger partial charge in [-0.05, 0) is 25.1 Å². The van der Waals surface area contributed by atoms with E-state index in [2.05, 4.69) is 10.3 Å². The van der Waals surface area contributed by atoms with E-state index in [1.807, 2.05) is 0 Å². The minimum absolute atomic E-state index is 0.0520. The van der Waals surface area contributed by atoms with Crippen LogP contribution in [0.3, 0.4) is 0 Å². The molecule has 0 amide bonds. The van der Waals surface area contributed by atoms with Gasteiger partial charge in [0.05, 0.1) is 0 Å². The standard InChI is InChI=1S/C14H14F3N3/c1-3-20(10-6-4-5-9(15)7-10)14-12(17)8-11(16)13(18-2)19-14/h4-8H,3H2,1-2H3,(H,18,19). The Morgan fingerprint density at radius 3 is 2.50 bits per heavy atom. The lowest BCUT2D eigenvalue weighted by Gasteiger charge is -2.23. The van der Waals surface area contributed by atoms with Crippen molar-refractivity contribution in [1.29, 1.82) is 0 Å². The molecular formula is C14H14F3N3. The molecule has 1 heterocycles. The molecule has 0 radical (unpaired) electrons. The number of nitrogens with zero attached hydrogens (tertiary/aromatic N) is 2. The number of pyridine rings is 1. The van der Waals surface area contributed by atoms with Gasteiger partial charge in [-0.25, -0.2) is 18.2 Å². The van der Waals surface area contributed by atoms with E-state index in [4.69, 9.17) is 0 Å². The fourth-order valence-electron chi connectivity index (χ4n) is 1.92. The zero-order valence-electron chi connectivity index (χ0n) is 11.1. The molecule has 1 aromatic heterocycles. The van der Waals surface area contributed by atoms with Gasteiger partial charge in [-0.2, -0.15) is 0 Å². The van der Waals surface area contributed by atoms with Gasteiger partial charge < -0.3 is 10.2 Å². The SMILES string of the molecule is CCN(c1cccc(F)c1)c1nc(NC)c(F)cc1F. The maximum atomic E-state index is 13.9. The average molecular weight is 281 g/mol. The van der Waals surface area contributed by atoms with Crippen LogP contribution in [0.25, 0.3) is 0 Å². The lowest BCUT2D eigenvalue weighted by Crippen LogP contribution is -2.20. The Hall–Kier alpha value is -2.24. The lowest BCUT2D eigenvalue weighted by molar-refractivity contribution is 0.575. The molecule has 0 spiro atoms. The number of aromatic nitrogens is 1. The Balaban J connectivity index is 2.52. The number of hydrogen-bond acceptors (Lipinski definition) is 3. The molecule has 0 saturated carbocycles. The zero-order chi connectivity index (χ0) is 14.7. The molecule has 0 atom stereocenters. The van der Waals surface area contributed by atoms with E-state index in [-0.39, 0.29) is 11.6 Å². The summed E-state index contributed by atoms with van der Waals surface area (Å²) >= 11 is 0. The lowest BCUT2D eigenvalue weighted by atomic mass is 10.2. The number of rotatable bonds is 4. The predicted molar refractivity (Wildman–Crippen MR) is 72.8 cm³/mol. The predicted octanol–water partition coefficient (Wildman–Crippen LogP) is 3.70. The summed E-state index contributed by atoms with van der Waals surface area (Å²) in [5.41, 5.74) is 0.451. The molecule has 1 aromatic carbocycles. The molecule has 0 fully saturated rings. The average Bonchev–Trinajstić information content (AvgIpc) is 2.42. The van der Waals surface area contributed by atoms with Crippen LogP contribution < -0.4 is 10.2 Å². The molecule has 0 unspecified atom stereocenters. The second kappa shape index (κ2) is 5.81. The van der Waals surface area contributed by atoms with E-state index in [9.17, 15) is 13.2 Å². The van der Waals surface area contributed by atoms with Gasteiger partial charge in [-0.1, -0.05) is 6.07 Å². The third kappa shape index (κ3) is 2.68. The number of benzene rings is 1. The quantitative estimate of drug-likeness (QED) is 0.926. The Kier molecular flexibility index (Phi) is 4.12. The second-order valence-electron chi connectivity index (χ2n) is 4.10. The third-order valence-corrected chi connectivity index (χ3v) is 2.84. The summed E-state index contributed by atoms with van der Waals surface area (Å²) in [6.45, 7) is 2.14. The maximum Gasteiger partial charge on any atom is 0.171 e. The van der Waals surface area contributed by atoms with Gasteiger partial charge in [0.15, 0.2) is 23.3 Å². The molecule has 2 rings (SSSR count). The molecule has 6 heteroatoms. The van der Waals surface area contributed by atoms with Crippen molar-refractivity contribution in [3.05, 3.63) is 47.8 Å². The molecule has 0 saturated heterocycles. The zero-order valence-corrected chi connectivity index (χ0v) is 11.1. The molecular weight excluding hydrogens is 267 g/mol. The Morgan fingerprint density at radius 1 is 1.15 bits per heavy atom. The molecule has 1 N–H and O–H groups in total. The first-order valence-corrected chi connectivity index (χ1v) is 6.13. The largest absolute Gasteiger partial charge is 0.371 e. The number of halogens is 3. The summed E-state index contributed by atoms with van der Waals surface area (Å²) < 4.78 is 40.6. The van der Waals surface area contributed by atoms with Crippen LogP contribution in [0.2, 0.25) is 0 Å². The Bertz CT molecular complexity index is 617. The topological polar surface area (TPSA) is 28.2 Å². The third-order valence-electron chi connectivity index (χ3n) is 2.84. The highest BCUT2D eigenvalue weighted by Gasteiger charge is 2.17. The molecule has 0 bridgehead atoms. The van der Waals surface area contributed by atoms with Crippen LogP contribution in [0, 0.1) is 17.5 Å². The van der Waals surface area contributed by atoms with Crippen molar-refractivity contribution in [2.24, 2.45) is 0 Å². The van der Waals surface area contributed by atoms with Crippen LogP contribution >= 0.6 is 0 Å². The highest BCUT2D eigenvalue weighted by atomic mass is 19.1. The molecule has 2 aromatic rings. The van der Waals surface area contributed by atoms with Crippen LogP contribution in [0.1, 0.15) is 6.92 Å². The van der Waals surface area contributed by atoms with Crippen LogP contribution in [0.5, 0.6) is 0 Å². The first-order chi connectivity index (χ1) is 9.56. The summed E-state index contributed by atoms with van der Waals surface area (Å²) in [5, 5.41) is 2.55. The summed E-state index contributed by atoms with van der Waals surface area (Å²) in [5.74, 6) is -2.12.